The Morgan fingerprint density at radius 2 is 2.00 bits per heavy atom. The molecule has 0 bridgehead atoms. The van der Waals surface area contributed by atoms with Gasteiger partial charge in [0, 0.05) is 23.6 Å². The first kappa shape index (κ1) is 21.1. The summed E-state index contributed by atoms with van der Waals surface area (Å²) in [6, 6.07) is 9.35. The summed E-state index contributed by atoms with van der Waals surface area (Å²) in [5.41, 5.74) is 3.81. The van der Waals surface area contributed by atoms with E-state index in [4.69, 9.17) is 0 Å². The van der Waals surface area contributed by atoms with Crippen LogP contribution < -0.4 is 5.32 Å². The van der Waals surface area contributed by atoms with Crippen LogP contribution in [0.3, 0.4) is 0 Å². The van der Waals surface area contributed by atoms with E-state index < -0.39 is 4.92 Å². The van der Waals surface area contributed by atoms with Crippen molar-refractivity contribution in [2.45, 2.75) is 26.1 Å². The van der Waals surface area contributed by atoms with Crippen molar-refractivity contribution in [2.75, 3.05) is 12.3 Å². The number of carbonyl (C=O) groups is 1. The van der Waals surface area contributed by atoms with Crippen LogP contribution in [0, 0.1) is 24.0 Å². The smallest absolute Gasteiger partial charge is 0.312 e. The maximum Gasteiger partial charge on any atom is 0.312 e. The number of aryl methyl sites for hydroxylation is 1. The van der Waals surface area contributed by atoms with Crippen LogP contribution in [0.5, 0.6) is 0 Å². The molecule has 0 aliphatic carbocycles. The minimum Gasteiger partial charge on any atom is -0.351 e. The number of benzene rings is 1. The van der Waals surface area contributed by atoms with Gasteiger partial charge in [0.2, 0.25) is 0 Å². The number of thiophene rings is 1. The van der Waals surface area contributed by atoms with Gasteiger partial charge in [-0.1, -0.05) is 12.1 Å². The largest absolute Gasteiger partial charge is 0.351 e. The molecule has 0 aliphatic rings. The zero-order valence-electron chi connectivity index (χ0n) is 16.3. The van der Waals surface area contributed by atoms with Crippen LogP contribution in [0.4, 0.5) is 5.69 Å². The minimum absolute atomic E-state index is 0.0536. The van der Waals surface area contributed by atoms with Crippen molar-refractivity contribution in [1.82, 2.24) is 15.1 Å². The lowest BCUT2D eigenvalue weighted by atomic mass is 10.1. The molecule has 1 N–H and O–H groups in total. The van der Waals surface area contributed by atoms with Crippen LogP contribution in [-0.2, 0) is 12.3 Å². The normalized spacial score (nSPS) is 10.8. The molecule has 29 heavy (non-hydrogen) atoms. The fraction of sp³-hybridized carbons (Fsp3) is 0.300. The molecular weight excluding hydrogens is 408 g/mol. The SMILES string of the molecule is Cc1nn(Cc2ccc(C(=O)NCCSCc3ccsc3)cc2)c(C)c1[N+](=O)[O-]. The Kier molecular flexibility index (Phi) is 7.05. The van der Waals surface area contributed by atoms with Gasteiger partial charge in [-0.25, -0.2) is 0 Å². The number of thioether (sulfide) groups is 1. The monoisotopic (exact) mass is 430 g/mol. The van der Waals surface area contributed by atoms with Crippen LogP contribution in [0.25, 0.3) is 0 Å². The molecule has 2 aromatic heterocycles. The van der Waals surface area contributed by atoms with Gasteiger partial charge in [-0.15, -0.1) is 0 Å². The van der Waals surface area contributed by atoms with Gasteiger partial charge in [-0.05, 0) is 53.9 Å². The first-order chi connectivity index (χ1) is 14.0. The van der Waals surface area contributed by atoms with E-state index in [9.17, 15) is 14.9 Å². The summed E-state index contributed by atoms with van der Waals surface area (Å²) in [6.07, 6.45) is 0. The Balaban J connectivity index is 1.50. The summed E-state index contributed by atoms with van der Waals surface area (Å²) in [5, 5.41) is 22.5. The molecule has 0 radical (unpaired) electrons. The van der Waals surface area contributed by atoms with E-state index in [1.807, 2.05) is 12.1 Å². The number of carbonyl (C=O) groups excluding carboxylic acids is 1. The highest BCUT2D eigenvalue weighted by molar-refractivity contribution is 7.98. The molecule has 3 aromatic rings. The summed E-state index contributed by atoms with van der Waals surface area (Å²) >= 11 is 3.49. The van der Waals surface area contributed by atoms with Crippen molar-refractivity contribution in [2.24, 2.45) is 0 Å². The first-order valence-electron chi connectivity index (χ1n) is 9.10. The van der Waals surface area contributed by atoms with E-state index in [-0.39, 0.29) is 11.6 Å². The second-order valence-corrected chi connectivity index (χ2v) is 8.46. The lowest BCUT2D eigenvalue weighted by Gasteiger charge is -2.07. The number of hydrogen-bond acceptors (Lipinski definition) is 6. The summed E-state index contributed by atoms with van der Waals surface area (Å²) in [5.74, 6) is 1.71. The van der Waals surface area contributed by atoms with Crippen LogP contribution in [0.15, 0.2) is 41.1 Å². The first-order valence-corrected chi connectivity index (χ1v) is 11.2. The molecule has 152 valence electrons. The highest BCUT2D eigenvalue weighted by Crippen LogP contribution is 2.22. The van der Waals surface area contributed by atoms with E-state index >= 15 is 0 Å². The van der Waals surface area contributed by atoms with Gasteiger partial charge in [0.25, 0.3) is 5.91 Å². The molecule has 0 saturated carbocycles. The van der Waals surface area contributed by atoms with Crippen LogP contribution in [0.2, 0.25) is 0 Å². The third-order valence-electron chi connectivity index (χ3n) is 4.46. The number of rotatable bonds is 9. The van der Waals surface area contributed by atoms with Crippen LogP contribution in [0.1, 0.15) is 32.9 Å². The number of aromatic nitrogens is 2. The molecule has 2 heterocycles. The predicted molar refractivity (Wildman–Crippen MR) is 117 cm³/mol. The second kappa shape index (κ2) is 9.71. The average molecular weight is 431 g/mol. The summed E-state index contributed by atoms with van der Waals surface area (Å²) < 4.78 is 1.62. The molecule has 1 amide bonds. The van der Waals surface area contributed by atoms with Crippen molar-refractivity contribution in [3.63, 3.8) is 0 Å². The van der Waals surface area contributed by atoms with Gasteiger partial charge in [0.05, 0.1) is 11.5 Å². The summed E-state index contributed by atoms with van der Waals surface area (Å²) in [7, 11) is 0. The van der Waals surface area contributed by atoms with Crippen LogP contribution in [-0.4, -0.2) is 32.9 Å². The molecule has 0 fully saturated rings. The highest BCUT2D eigenvalue weighted by atomic mass is 32.2. The Labute approximate surface area is 177 Å². The second-order valence-electron chi connectivity index (χ2n) is 6.57. The molecule has 1 aromatic carbocycles. The molecule has 3 rings (SSSR count). The molecule has 9 heteroatoms. The maximum atomic E-state index is 12.3. The van der Waals surface area contributed by atoms with Crippen molar-refractivity contribution >= 4 is 34.7 Å². The summed E-state index contributed by atoms with van der Waals surface area (Å²) in [6.45, 7) is 4.36. The van der Waals surface area contributed by atoms with Crippen molar-refractivity contribution in [3.05, 3.63) is 79.3 Å². The number of nitrogens with one attached hydrogen (secondary N) is 1. The topological polar surface area (TPSA) is 90.1 Å². The maximum absolute atomic E-state index is 12.3. The van der Waals surface area contributed by atoms with Gasteiger partial charge in [-0.2, -0.15) is 28.2 Å². The van der Waals surface area contributed by atoms with Gasteiger partial charge in [-0.3, -0.25) is 19.6 Å². The van der Waals surface area contributed by atoms with E-state index in [1.165, 1.54) is 5.56 Å². The Morgan fingerprint density at radius 3 is 2.62 bits per heavy atom. The van der Waals surface area contributed by atoms with E-state index in [2.05, 4.69) is 27.2 Å². The number of nitrogens with zero attached hydrogens (tertiary/aromatic N) is 3. The molecule has 0 aliphatic heterocycles. The van der Waals surface area contributed by atoms with Gasteiger partial charge in [0.15, 0.2) is 0 Å². The number of nitro groups is 1. The van der Waals surface area contributed by atoms with Crippen molar-refractivity contribution in [3.8, 4) is 0 Å². The minimum atomic E-state index is -0.403. The fourth-order valence-electron chi connectivity index (χ4n) is 2.94. The number of amides is 1. The van der Waals surface area contributed by atoms with Crippen molar-refractivity contribution in [1.29, 1.82) is 0 Å². The summed E-state index contributed by atoms with van der Waals surface area (Å²) in [4.78, 5) is 23.0. The predicted octanol–water partition coefficient (Wildman–Crippen LogP) is 4.18. The molecule has 0 spiro atoms. The molecule has 0 atom stereocenters. The zero-order chi connectivity index (χ0) is 20.8. The van der Waals surface area contributed by atoms with Gasteiger partial charge < -0.3 is 5.32 Å². The lowest BCUT2D eigenvalue weighted by Crippen LogP contribution is -2.25. The average Bonchev–Trinajstić information content (AvgIpc) is 3.30. The van der Waals surface area contributed by atoms with Gasteiger partial charge >= 0.3 is 5.69 Å². The van der Waals surface area contributed by atoms with E-state index in [0.29, 0.717) is 30.0 Å². The Bertz CT molecular complexity index is 982. The standard InChI is InChI=1S/C20H22N4O3S2/c1-14-19(24(26)27)15(2)23(22-14)11-16-3-5-18(6-4-16)20(25)21-8-10-29-13-17-7-9-28-12-17/h3-7,9,12H,8,10-11,13H2,1-2H3,(H,21,25). The fourth-order valence-corrected chi connectivity index (χ4v) is 4.52. The van der Waals surface area contributed by atoms with E-state index in [0.717, 1.165) is 17.1 Å². The molecule has 0 unspecified atom stereocenters. The van der Waals surface area contributed by atoms with Gasteiger partial charge in [0.1, 0.15) is 11.4 Å². The molecule has 0 saturated heterocycles. The lowest BCUT2D eigenvalue weighted by molar-refractivity contribution is -0.386. The Morgan fingerprint density at radius 1 is 1.24 bits per heavy atom. The quantitative estimate of drug-likeness (QED) is 0.312. The number of hydrogen-bond donors (Lipinski definition) is 1. The third-order valence-corrected chi connectivity index (χ3v) is 6.22. The Hall–Kier alpha value is -2.65. The van der Waals surface area contributed by atoms with E-state index in [1.54, 1.807) is 53.8 Å². The third kappa shape index (κ3) is 5.45. The zero-order valence-corrected chi connectivity index (χ0v) is 17.9. The molecule has 7 nitrogen and oxygen atoms in total. The highest BCUT2D eigenvalue weighted by Gasteiger charge is 2.21. The van der Waals surface area contributed by atoms with Crippen molar-refractivity contribution < 1.29 is 9.72 Å². The van der Waals surface area contributed by atoms with Crippen LogP contribution >= 0.6 is 23.1 Å². The molecular formula is C20H22N4O3S2.